The first-order valence-electron chi connectivity index (χ1n) is 13.4. The van der Waals surface area contributed by atoms with E-state index in [4.69, 9.17) is 18.9 Å². The minimum atomic E-state index is -0.767. The molecule has 0 aliphatic carbocycles. The summed E-state index contributed by atoms with van der Waals surface area (Å²) in [6.45, 7) is 3.62. The van der Waals surface area contributed by atoms with Gasteiger partial charge in [-0.25, -0.2) is 15.0 Å². The number of hydrazone groups is 1. The van der Waals surface area contributed by atoms with Gasteiger partial charge in [0.05, 0.1) is 36.0 Å². The Kier molecular flexibility index (Phi) is 11.6. The SMILES string of the molecule is CCOC(=O)C1=C(C)NC(=O)N[C@H]1c1ccc(OCC(=O)N/N=C\c2ccc(OCc3ccc(I)cc3)c(Br)c2)c(OC)c1. The van der Waals surface area contributed by atoms with Crippen molar-refractivity contribution in [3.63, 3.8) is 0 Å². The first-order valence-corrected chi connectivity index (χ1v) is 15.3. The Morgan fingerprint density at radius 2 is 1.80 bits per heavy atom. The third-order valence-electron chi connectivity index (χ3n) is 6.31. The molecule has 1 heterocycles. The van der Waals surface area contributed by atoms with Crippen LogP contribution in [0.5, 0.6) is 17.2 Å². The summed E-state index contributed by atoms with van der Waals surface area (Å²) in [6.07, 6.45) is 1.50. The minimum Gasteiger partial charge on any atom is -0.493 e. The molecule has 3 aromatic rings. The molecule has 3 aromatic carbocycles. The summed E-state index contributed by atoms with van der Waals surface area (Å²) in [5.41, 5.74) is 5.47. The molecule has 0 fully saturated rings. The topological polar surface area (TPSA) is 137 Å². The van der Waals surface area contributed by atoms with Crippen LogP contribution in [0.4, 0.5) is 4.79 Å². The van der Waals surface area contributed by atoms with Crippen LogP contribution in [0.2, 0.25) is 0 Å². The number of halogens is 2. The Morgan fingerprint density at radius 1 is 1.05 bits per heavy atom. The minimum absolute atomic E-state index is 0.187. The highest BCUT2D eigenvalue weighted by atomic mass is 127. The Balaban J connectivity index is 1.33. The molecule has 3 amide bonds. The number of ether oxygens (including phenoxy) is 4. The van der Waals surface area contributed by atoms with Gasteiger partial charge in [0, 0.05) is 9.27 Å². The molecule has 0 spiro atoms. The number of rotatable bonds is 12. The summed E-state index contributed by atoms with van der Waals surface area (Å²) in [5, 5.41) is 9.34. The van der Waals surface area contributed by atoms with Gasteiger partial charge in [-0.15, -0.1) is 0 Å². The molecule has 0 aromatic heterocycles. The predicted molar refractivity (Wildman–Crippen MR) is 176 cm³/mol. The second-order valence-electron chi connectivity index (χ2n) is 9.39. The van der Waals surface area contributed by atoms with Crippen molar-refractivity contribution in [1.82, 2.24) is 16.1 Å². The number of hydrogen-bond acceptors (Lipinski definition) is 8. The van der Waals surface area contributed by atoms with Gasteiger partial charge in [-0.1, -0.05) is 18.2 Å². The molecule has 1 aliphatic rings. The molecule has 0 saturated carbocycles. The molecule has 11 nitrogen and oxygen atoms in total. The predicted octanol–water partition coefficient (Wildman–Crippen LogP) is 5.36. The van der Waals surface area contributed by atoms with Gasteiger partial charge in [0.1, 0.15) is 12.4 Å². The Hall–Kier alpha value is -4.11. The van der Waals surface area contributed by atoms with Gasteiger partial charge < -0.3 is 29.6 Å². The van der Waals surface area contributed by atoms with Crippen molar-refractivity contribution >= 4 is 62.6 Å². The van der Waals surface area contributed by atoms with E-state index in [1.54, 1.807) is 32.0 Å². The number of allylic oxidation sites excluding steroid dienone is 1. The smallest absolute Gasteiger partial charge is 0.338 e. The molecule has 44 heavy (non-hydrogen) atoms. The van der Waals surface area contributed by atoms with Gasteiger partial charge in [0.25, 0.3) is 5.91 Å². The number of urea groups is 1. The van der Waals surface area contributed by atoms with Crippen LogP contribution in [0.3, 0.4) is 0 Å². The maximum atomic E-state index is 12.6. The number of hydrogen-bond donors (Lipinski definition) is 3. The largest absolute Gasteiger partial charge is 0.493 e. The normalized spacial score (nSPS) is 14.5. The van der Waals surface area contributed by atoms with Gasteiger partial charge in [-0.05, 0) is 112 Å². The fraction of sp³-hybridized carbons (Fsp3) is 0.226. The Morgan fingerprint density at radius 3 is 2.50 bits per heavy atom. The first-order chi connectivity index (χ1) is 21.2. The summed E-state index contributed by atoms with van der Waals surface area (Å²) < 4.78 is 24.1. The first kappa shape index (κ1) is 32.8. The number of esters is 1. The molecule has 0 bridgehead atoms. The van der Waals surface area contributed by atoms with Crippen LogP contribution in [-0.2, 0) is 20.9 Å². The van der Waals surface area contributed by atoms with Crippen LogP contribution in [0.15, 0.2) is 81.5 Å². The highest BCUT2D eigenvalue weighted by Crippen LogP contribution is 2.34. The monoisotopic (exact) mass is 776 g/mol. The third-order valence-corrected chi connectivity index (χ3v) is 7.65. The van der Waals surface area contributed by atoms with Gasteiger partial charge in [0.15, 0.2) is 18.1 Å². The van der Waals surface area contributed by atoms with Gasteiger partial charge >= 0.3 is 12.0 Å². The molecule has 1 aliphatic heterocycles. The number of benzene rings is 3. The lowest BCUT2D eigenvalue weighted by atomic mass is 9.95. The van der Waals surface area contributed by atoms with Crippen LogP contribution in [0.25, 0.3) is 0 Å². The van der Waals surface area contributed by atoms with Crippen molar-refractivity contribution in [2.75, 3.05) is 20.3 Å². The number of carbonyl (C=O) groups is 3. The van der Waals surface area contributed by atoms with Crippen LogP contribution in [-0.4, -0.2) is 44.4 Å². The van der Waals surface area contributed by atoms with Crippen molar-refractivity contribution < 1.29 is 33.3 Å². The summed E-state index contributed by atoms with van der Waals surface area (Å²) >= 11 is 5.77. The van der Waals surface area contributed by atoms with E-state index in [9.17, 15) is 14.4 Å². The highest BCUT2D eigenvalue weighted by molar-refractivity contribution is 14.1. The molecule has 0 unspecified atom stereocenters. The summed E-state index contributed by atoms with van der Waals surface area (Å²) in [4.78, 5) is 37.1. The molecule has 1 atom stereocenters. The molecule has 3 N–H and O–H groups in total. The molecule has 0 radical (unpaired) electrons. The van der Waals surface area contributed by atoms with Crippen LogP contribution in [0, 0.1) is 3.57 Å². The average molecular weight is 777 g/mol. The van der Waals surface area contributed by atoms with Gasteiger partial charge in [0.2, 0.25) is 0 Å². The number of nitrogens with zero attached hydrogens (tertiary/aromatic N) is 1. The van der Waals surface area contributed by atoms with Crippen molar-refractivity contribution in [1.29, 1.82) is 0 Å². The molecule has 13 heteroatoms. The maximum Gasteiger partial charge on any atom is 0.338 e. The number of amides is 3. The zero-order chi connectivity index (χ0) is 31.6. The van der Waals surface area contributed by atoms with Crippen molar-refractivity contribution in [3.05, 3.63) is 96.7 Å². The molecular formula is C31H30BrIN4O7. The van der Waals surface area contributed by atoms with Gasteiger partial charge in [-0.3, -0.25) is 4.79 Å². The van der Waals surface area contributed by atoms with E-state index in [1.807, 2.05) is 42.5 Å². The average Bonchev–Trinajstić information content (AvgIpc) is 3.00. The standard InChI is InChI=1S/C31H30BrIN4O7/c1-4-42-30(39)28-18(2)35-31(40)36-29(28)21-8-12-25(26(14-21)41-3)44-17-27(38)37-34-15-20-7-11-24(23(32)13-20)43-16-19-5-9-22(33)10-6-19/h5-15,29H,4,16-17H2,1-3H3,(H,37,38)(H2,35,36,40)/b34-15-/t29-/m0/s1. The summed E-state index contributed by atoms with van der Waals surface area (Å²) in [5.74, 6) is 0.246. The summed E-state index contributed by atoms with van der Waals surface area (Å²) in [7, 11) is 1.45. The molecule has 4 rings (SSSR count). The highest BCUT2D eigenvalue weighted by Gasteiger charge is 2.32. The number of carbonyl (C=O) groups excluding carboxylic acids is 3. The van der Waals surface area contributed by atoms with E-state index in [0.717, 1.165) is 19.2 Å². The fourth-order valence-corrected chi connectivity index (χ4v) is 5.09. The lowest BCUT2D eigenvalue weighted by Gasteiger charge is -2.28. The number of nitrogens with one attached hydrogen (secondary N) is 3. The zero-order valence-corrected chi connectivity index (χ0v) is 27.9. The molecular weight excluding hydrogens is 747 g/mol. The quantitative estimate of drug-likeness (QED) is 0.0976. The van der Waals surface area contributed by atoms with E-state index in [0.29, 0.717) is 35.1 Å². The van der Waals surface area contributed by atoms with Gasteiger partial charge in [-0.2, -0.15) is 5.10 Å². The second-order valence-corrected chi connectivity index (χ2v) is 11.5. The molecule has 230 valence electrons. The van der Waals surface area contributed by atoms with Crippen LogP contribution < -0.4 is 30.3 Å². The van der Waals surface area contributed by atoms with E-state index >= 15 is 0 Å². The fourth-order valence-electron chi connectivity index (χ4n) is 4.22. The van der Waals surface area contributed by atoms with Crippen molar-refractivity contribution in [2.45, 2.75) is 26.5 Å². The van der Waals surface area contributed by atoms with Crippen LogP contribution >= 0.6 is 38.5 Å². The third kappa shape index (κ3) is 8.72. The second kappa shape index (κ2) is 15.6. The lowest BCUT2D eigenvalue weighted by molar-refractivity contribution is -0.139. The Labute approximate surface area is 276 Å². The van der Waals surface area contributed by atoms with E-state index in [1.165, 1.54) is 13.3 Å². The maximum absolute atomic E-state index is 12.6. The van der Waals surface area contributed by atoms with E-state index in [2.05, 4.69) is 59.7 Å². The summed E-state index contributed by atoms with van der Waals surface area (Å²) in [6, 6.07) is 17.2. The van der Waals surface area contributed by atoms with E-state index in [-0.39, 0.29) is 18.8 Å². The zero-order valence-electron chi connectivity index (χ0n) is 24.1. The Bertz CT molecular complexity index is 1590. The van der Waals surface area contributed by atoms with Crippen LogP contribution in [0.1, 0.15) is 36.6 Å². The van der Waals surface area contributed by atoms with Crippen molar-refractivity contribution in [3.8, 4) is 17.2 Å². The number of methoxy groups -OCH3 is 1. The van der Waals surface area contributed by atoms with Crippen molar-refractivity contribution in [2.24, 2.45) is 5.10 Å². The molecule has 0 saturated heterocycles. The lowest BCUT2D eigenvalue weighted by Crippen LogP contribution is -2.45. The van der Waals surface area contributed by atoms with E-state index < -0.39 is 23.9 Å².